The molecule has 0 saturated heterocycles. The first-order valence-corrected chi connectivity index (χ1v) is 6.60. The van der Waals surface area contributed by atoms with Gasteiger partial charge in [-0.25, -0.2) is 5.84 Å². The molecule has 4 nitrogen and oxygen atoms in total. The van der Waals surface area contributed by atoms with Gasteiger partial charge in [0.1, 0.15) is 11.5 Å². The van der Waals surface area contributed by atoms with E-state index >= 15 is 0 Å². The van der Waals surface area contributed by atoms with Crippen molar-refractivity contribution in [2.75, 3.05) is 12.1 Å². The van der Waals surface area contributed by atoms with Gasteiger partial charge in [-0.1, -0.05) is 24.3 Å². The van der Waals surface area contributed by atoms with E-state index in [0.717, 1.165) is 22.0 Å². The highest BCUT2D eigenvalue weighted by Crippen LogP contribution is 2.37. The summed E-state index contributed by atoms with van der Waals surface area (Å²) in [5.41, 5.74) is 2.37. The SMILES string of the molecule is CN(N)c1cc(-c2ccc(O)cc2O)cc2ccccc12. The molecule has 3 aromatic carbocycles. The summed E-state index contributed by atoms with van der Waals surface area (Å²) in [6.07, 6.45) is 0. The lowest BCUT2D eigenvalue weighted by atomic mass is 9.98. The average molecular weight is 280 g/mol. The number of fused-ring (bicyclic) bond motifs is 1. The topological polar surface area (TPSA) is 69.7 Å². The van der Waals surface area contributed by atoms with Gasteiger partial charge < -0.3 is 15.2 Å². The predicted molar refractivity (Wildman–Crippen MR) is 85.3 cm³/mol. The van der Waals surface area contributed by atoms with Crippen LogP contribution in [0.5, 0.6) is 11.5 Å². The number of phenols is 2. The standard InChI is InChI=1S/C17H16N2O2/c1-19(18)16-9-12(8-11-4-2-3-5-14(11)16)15-7-6-13(20)10-17(15)21/h2-10,20-21H,18H2,1H3. The molecule has 0 unspecified atom stereocenters. The highest BCUT2D eigenvalue weighted by atomic mass is 16.3. The zero-order valence-electron chi connectivity index (χ0n) is 11.6. The minimum atomic E-state index is 0.0354. The molecule has 106 valence electrons. The van der Waals surface area contributed by atoms with Crippen molar-refractivity contribution in [3.05, 3.63) is 54.6 Å². The number of hydrazine groups is 1. The Labute approximate surface area is 122 Å². The quantitative estimate of drug-likeness (QED) is 0.498. The van der Waals surface area contributed by atoms with Gasteiger partial charge >= 0.3 is 0 Å². The Kier molecular flexibility index (Phi) is 3.16. The molecule has 0 aliphatic heterocycles. The highest BCUT2D eigenvalue weighted by Gasteiger charge is 2.10. The molecule has 0 fully saturated rings. The zero-order chi connectivity index (χ0) is 15.0. The number of phenolic OH excluding ortho intramolecular Hbond substituents is 2. The van der Waals surface area contributed by atoms with Gasteiger partial charge in [-0.2, -0.15) is 0 Å². The van der Waals surface area contributed by atoms with Crippen LogP contribution in [0.2, 0.25) is 0 Å². The third-order valence-electron chi connectivity index (χ3n) is 3.51. The van der Waals surface area contributed by atoms with Gasteiger partial charge in [0.25, 0.3) is 0 Å². The number of hydrogen-bond donors (Lipinski definition) is 3. The molecule has 4 heteroatoms. The first kappa shape index (κ1) is 13.3. The Morgan fingerprint density at radius 1 is 0.952 bits per heavy atom. The minimum absolute atomic E-state index is 0.0354. The molecule has 3 rings (SSSR count). The van der Waals surface area contributed by atoms with Crippen molar-refractivity contribution in [2.24, 2.45) is 5.84 Å². The predicted octanol–water partition coefficient (Wildman–Crippen LogP) is 3.23. The molecule has 0 aliphatic rings. The molecule has 0 amide bonds. The number of rotatable bonds is 2. The molecule has 0 aromatic heterocycles. The summed E-state index contributed by atoms with van der Waals surface area (Å²) in [4.78, 5) is 0. The number of hydrogen-bond acceptors (Lipinski definition) is 4. The van der Waals surface area contributed by atoms with Crippen LogP contribution in [0.15, 0.2) is 54.6 Å². The number of anilines is 1. The van der Waals surface area contributed by atoms with Gasteiger partial charge in [0, 0.05) is 24.1 Å². The number of aromatic hydroxyl groups is 2. The van der Waals surface area contributed by atoms with E-state index in [4.69, 9.17) is 5.84 Å². The van der Waals surface area contributed by atoms with Crippen molar-refractivity contribution in [1.82, 2.24) is 0 Å². The largest absolute Gasteiger partial charge is 0.508 e. The molecule has 0 heterocycles. The number of benzene rings is 3. The van der Waals surface area contributed by atoms with E-state index in [1.807, 2.05) is 36.4 Å². The second-order valence-electron chi connectivity index (χ2n) is 5.03. The van der Waals surface area contributed by atoms with Crippen molar-refractivity contribution in [3.8, 4) is 22.6 Å². The fraction of sp³-hybridized carbons (Fsp3) is 0.0588. The third-order valence-corrected chi connectivity index (χ3v) is 3.51. The van der Waals surface area contributed by atoms with Crippen LogP contribution in [0.3, 0.4) is 0 Å². The Hall–Kier alpha value is -2.72. The second kappa shape index (κ2) is 5.00. The van der Waals surface area contributed by atoms with Crippen LogP contribution >= 0.6 is 0 Å². The zero-order valence-corrected chi connectivity index (χ0v) is 11.6. The average Bonchev–Trinajstić information content (AvgIpc) is 2.46. The van der Waals surface area contributed by atoms with E-state index in [1.165, 1.54) is 6.07 Å². The van der Waals surface area contributed by atoms with Gasteiger partial charge in [0.2, 0.25) is 0 Å². The molecular weight excluding hydrogens is 264 g/mol. The minimum Gasteiger partial charge on any atom is -0.508 e. The van der Waals surface area contributed by atoms with Gasteiger partial charge in [-0.3, -0.25) is 0 Å². The van der Waals surface area contributed by atoms with E-state index in [9.17, 15) is 10.2 Å². The van der Waals surface area contributed by atoms with Gasteiger partial charge in [-0.15, -0.1) is 0 Å². The number of nitrogens with zero attached hydrogens (tertiary/aromatic N) is 1. The maximum atomic E-state index is 10.0. The van der Waals surface area contributed by atoms with Gasteiger partial charge in [-0.05, 0) is 35.2 Å². The van der Waals surface area contributed by atoms with E-state index in [2.05, 4.69) is 0 Å². The lowest BCUT2D eigenvalue weighted by Gasteiger charge is -2.17. The van der Waals surface area contributed by atoms with Crippen molar-refractivity contribution in [1.29, 1.82) is 0 Å². The maximum Gasteiger partial charge on any atom is 0.127 e. The molecular formula is C17H16N2O2. The van der Waals surface area contributed by atoms with Crippen molar-refractivity contribution < 1.29 is 10.2 Å². The Bertz CT molecular complexity index is 813. The second-order valence-corrected chi connectivity index (χ2v) is 5.03. The third kappa shape index (κ3) is 2.37. The smallest absolute Gasteiger partial charge is 0.127 e. The Balaban J connectivity index is 2.28. The van der Waals surface area contributed by atoms with Crippen LogP contribution in [-0.4, -0.2) is 17.3 Å². The van der Waals surface area contributed by atoms with Crippen LogP contribution in [-0.2, 0) is 0 Å². The molecule has 0 saturated carbocycles. The summed E-state index contributed by atoms with van der Waals surface area (Å²) < 4.78 is 0. The molecule has 0 aliphatic carbocycles. The van der Waals surface area contributed by atoms with Crippen LogP contribution < -0.4 is 10.9 Å². The van der Waals surface area contributed by atoms with E-state index in [1.54, 1.807) is 24.2 Å². The molecule has 21 heavy (non-hydrogen) atoms. The monoisotopic (exact) mass is 280 g/mol. The Morgan fingerprint density at radius 3 is 2.43 bits per heavy atom. The molecule has 3 aromatic rings. The molecule has 0 bridgehead atoms. The van der Waals surface area contributed by atoms with Crippen LogP contribution in [0.1, 0.15) is 0 Å². The highest BCUT2D eigenvalue weighted by molar-refractivity contribution is 5.98. The lowest BCUT2D eigenvalue weighted by Crippen LogP contribution is -2.25. The first-order chi connectivity index (χ1) is 10.1. The van der Waals surface area contributed by atoms with Gasteiger partial charge in [0.15, 0.2) is 0 Å². The molecule has 0 atom stereocenters. The lowest BCUT2D eigenvalue weighted by molar-refractivity contribution is 0.452. The van der Waals surface area contributed by atoms with Crippen LogP contribution in [0.4, 0.5) is 5.69 Å². The maximum absolute atomic E-state index is 10.0. The molecule has 0 spiro atoms. The van der Waals surface area contributed by atoms with Crippen LogP contribution in [0, 0.1) is 0 Å². The van der Waals surface area contributed by atoms with E-state index < -0.39 is 0 Å². The summed E-state index contributed by atoms with van der Waals surface area (Å²) in [5.74, 6) is 5.99. The van der Waals surface area contributed by atoms with Crippen LogP contribution in [0.25, 0.3) is 21.9 Å². The summed E-state index contributed by atoms with van der Waals surface area (Å²) in [6.45, 7) is 0. The van der Waals surface area contributed by atoms with Crippen molar-refractivity contribution in [2.45, 2.75) is 0 Å². The van der Waals surface area contributed by atoms with E-state index in [0.29, 0.717) is 5.56 Å². The summed E-state index contributed by atoms with van der Waals surface area (Å²) in [7, 11) is 1.78. The normalized spacial score (nSPS) is 10.8. The summed E-state index contributed by atoms with van der Waals surface area (Å²) in [5, 5.41) is 23.1. The van der Waals surface area contributed by atoms with Gasteiger partial charge in [0.05, 0.1) is 5.69 Å². The summed E-state index contributed by atoms with van der Waals surface area (Å²) in [6, 6.07) is 16.4. The molecule has 4 N–H and O–H groups in total. The van der Waals surface area contributed by atoms with E-state index in [-0.39, 0.29) is 11.5 Å². The summed E-state index contributed by atoms with van der Waals surface area (Å²) >= 11 is 0. The fourth-order valence-corrected chi connectivity index (χ4v) is 2.50. The van der Waals surface area contributed by atoms with Crippen molar-refractivity contribution in [3.63, 3.8) is 0 Å². The number of nitrogens with two attached hydrogens (primary N) is 1. The Morgan fingerprint density at radius 2 is 1.71 bits per heavy atom. The van der Waals surface area contributed by atoms with Crippen molar-refractivity contribution >= 4 is 16.5 Å². The fourth-order valence-electron chi connectivity index (χ4n) is 2.50. The first-order valence-electron chi connectivity index (χ1n) is 6.60. The molecule has 0 radical (unpaired) electrons.